The zero-order valence-corrected chi connectivity index (χ0v) is 17.8. The lowest BCUT2D eigenvalue weighted by molar-refractivity contribution is -0.121. The van der Waals surface area contributed by atoms with Crippen molar-refractivity contribution in [1.29, 1.82) is 0 Å². The predicted molar refractivity (Wildman–Crippen MR) is 120 cm³/mol. The van der Waals surface area contributed by atoms with Crippen LogP contribution in [0.15, 0.2) is 48.5 Å². The van der Waals surface area contributed by atoms with Gasteiger partial charge in [0.2, 0.25) is 11.8 Å². The third-order valence-electron chi connectivity index (χ3n) is 5.12. The highest BCUT2D eigenvalue weighted by atomic mass is 16.4. The molecule has 7 heteroatoms. The highest BCUT2D eigenvalue weighted by Crippen LogP contribution is 2.24. The van der Waals surface area contributed by atoms with Crippen LogP contribution >= 0.6 is 0 Å². The normalized spacial score (nSPS) is 12.8. The summed E-state index contributed by atoms with van der Waals surface area (Å²) in [7, 11) is 0. The first-order valence-electron chi connectivity index (χ1n) is 10.7. The predicted octanol–water partition coefficient (Wildman–Crippen LogP) is 3.89. The second-order valence-electron chi connectivity index (χ2n) is 7.87. The molecule has 0 aromatic heterocycles. The first-order chi connectivity index (χ1) is 14.9. The molecule has 2 aromatic carbocycles. The molecule has 0 radical (unpaired) electrons. The van der Waals surface area contributed by atoms with E-state index in [1.54, 1.807) is 6.07 Å². The van der Waals surface area contributed by atoms with Crippen LogP contribution in [-0.2, 0) is 16.0 Å². The lowest BCUT2D eigenvalue weighted by atomic mass is 10.0. The van der Waals surface area contributed by atoms with E-state index in [0.717, 1.165) is 34.4 Å². The Morgan fingerprint density at radius 3 is 2.42 bits per heavy atom. The molecule has 3 rings (SSSR count). The summed E-state index contributed by atoms with van der Waals surface area (Å²) < 4.78 is 0. The third kappa shape index (κ3) is 7.13. The number of nitrogens with zero attached hydrogens (tertiary/aromatic N) is 1. The monoisotopic (exact) mass is 423 g/mol. The molecule has 3 N–H and O–H groups in total. The lowest BCUT2D eigenvalue weighted by Crippen LogP contribution is -2.37. The SMILES string of the molecule is CCCN(CC(=O)Nc1cccc(-c2ccc(CCC(=O)NC3CC3)cc2)c1)C(=O)O. The zero-order valence-electron chi connectivity index (χ0n) is 17.8. The molecule has 0 aliphatic heterocycles. The van der Waals surface area contributed by atoms with Crippen molar-refractivity contribution in [2.24, 2.45) is 0 Å². The van der Waals surface area contributed by atoms with Gasteiger partial charge in [0.25, 0.3) is 0 Å². The number of amides is 3. The van der Waals surface area contributed by atoms with E-state index in [1.807, 2.05) is 49.4 Å². The fraction of sp³-hybridized carbons (Fsp3) is 0.375. The number of aryl methyl sites for hydroxylation is 1. The summed E-state index contributed by atoms with van der Waals surface area (Å²) in [5.41, 5.74) is 3.66. The molecule has 164 valence electrons. The minimum Gasteiger partial charge on any atom is -0.465 e. The van der Waals surface area contributed by atoms with E-state index in [0.29, 0.717) is 37.5 Å². The quantitative estimate of drug-likeness (QED) is 0.540. The molecular weight excluding hydrogens is 394 g/mol. The summed E-state index contributed by atoms with van der Waals surface area (Å²) in [6.45, 7) is 1.99. The Kier molecular flexibility index (Phi) is 7.65. The smallest absolute Gasteiger partial charge is 0.407 e. The van der Waals surface area contributed by atoms with Crippen molar-refractivity contribution in [1.82, 2.24) is 10.2 Å². The fourth-order valence-electron chi connectivity index (χ4n) is 3.31. The van der Waals surface area contributed by atoms with E-state index in [9.17, 15) is 14.4 Å². The van der Waals surface area contributed by atoms with Crippen molar-refractivity contribution in [2.45, 2.75) is 45.1 Å². The van der Waals surface area contributed by atoms with Gasteiger partial charge in [0.05, 0.1) is 0 Å². The number of hydrogen-bond acceptors (Lipinski definition) is 3. The van der Waals surface area contributed by atoms with E-state index in [2.05, 4.69) is 10.6 Å². The standard InChI is InChI=1S/C24H29N3O4/c1-2-14-27(24(30)31)16-23(29)26-21-5-3-4-19(15-21)18-9-6-17(7-10-18)8-13-22(28)25-20-11-12-20/h3-7,9-10,15,20H,2,8,11-14,16H2,1H3,(H,25,28)(H,26,29)(H,30,31). The Morgan fingerprint density at radius 1 is 1.03 bits per heavy atom. The Hall–Kier alpha value is -3.35. The Bertz CT molecular complexity index is 923. The summed E-state index contributed by atoms with van der Waals surface area (Å²) in [5.74, 6) is -0.261. The Labute approximate surface area is 182 Å². The molecule has 1 fully saturated rings. The van der Waals surface area contributed by atoms with Crippen LogP contribution in [0.5, 0.6) is 0 Å². The van der Waals surface area contributed by atoms with Crippen molar-refractivity contribution in [2.75, 3.05) is 18.4 Å². The van der Waals surface area contributed by atoms with Gasteiger partial charge in [-0.15, -0.1) is 0 Å². The number of carbonyl (C=O) groups excluding carboxylic acids is 2. The molecule has 1 aliphatic rings. The first-order valence-corrected chi connectivity index (χ1v) is 10.7. The van der Waals surface area contributed by atoms with E-state index in [1.165, 1.54) is 0 Å². The number of anilines is 1. The molecule has 0 heterocycles. The maximum Gasteiger partial charge on any atom is 0.407 e. The molecule has 0 spiro atoms. The third-order valence-corrected chi connectivity index (χ3v) is 5.12. The van der Waals surface area contributed by atoms with Crippen molar-refractivity contribution < 1.29 is 19.5 Å². The van der Waals surface area contributed by atoms with Crippen LogP contribution in [-0.4, -0.2) is 47.0 Å². The maximum absolute atomic E-state index is 12.2. The first kappa shape index (κ1) is 22.3. The van der Waals surface area contributed by atoms with Gasteiger partial charge < -0.3 is 15.7 Å². The maximum atomic E-state index is 12.2. The molecular formula is C24H29N3O4. The highest BCUT2D eigenvalue weighted by molar-refractivity contribution is 5.94. The van der Waals surface area contributed by atoms with Crippen LogP contribution in [0.4, 0.5) is 10.5 Å². The molecule has 1 saturated carbocycles. The van der Waals surface area contributed by atoms with Crippen LogP contribution in [0, 0.1) is 0 Å². The summed E-state index contributed by atoms with van der Waals surface area (Å²) in [4.78, 5) is 36.4. The topological polar surface area (TPSA) is 98.7 Å². The second kappa shape index (κ2) is 10.6. The van der Waals surface area contributed by atoms with Gasteiger partial charge >= 0.3 is 6.09 Å². The summed E-state index contributed by atoms with van der Waals surface area (Å²) in [5, 5.41) is 14.9. The van der Waals surface area contributed by atoms with Gasteiger partial charge in [0.15, 0.2) is 0 Å². The van der Waals surface area contributed by atoms with Gasteiger partial charge in [-0.05, 0) is 54.5 Å². The Balaban J connectivity index is 1.56. The van der Waals surface area contributed by atoms with Crippen molar-refractivity contribution in [3.63, 3.8) is 0 Å². The summed E-state index contributed by atoms with van der Waals surface area (Å²) >= 11 is 0. The van der Waals surface area contributed by atoms with E-state index in [-0.39, 0.29) is 18.4 Å². The zero-order chi connectivity index (χ0) is 22.2. The van der Waals surface area contributed by atoms with Gasteiger partial charge in [-0.2, -0.15) is 0 Å². The van der Waals surface area contributed by atoms with Crippen LogP contribution < -0.4 is 10.6 Å². The molecule has 0 unspecified atom stereocenters. The van der Waals surface area contributed by atoms with E-state index in [4.69, 9.17) is 5.11 Å². The number of carbonyl (C=O) groups is 3. The lowest BCUT2D eigenvalue weighted by Gasteiger charge is -2.17. The van der Waals surface area contributed by atoms with Crippen LogP contribution in [0.1, 0.15) is 38.2 Å². The molecule has 31 heavy (non-hydrogen) atoms. The molecule has 0 atom stereocenters. The van der Waals surface area contributed by atoms with Crippen molar-refractivity contribution in [3.05, 3.63) is 54.1 Å². The summed E-state index contributed by atoms with van der Waals surface area (Å²) in [6.07, 6.45) is 2.93. The second-order valence-corrected chi connectivity index (χ2v) is 7.87. The van der Waals surface area contributed by atoms with Gasteiger partial charge in [-0.3, -0.25) is 14.5 Å². The van der Waals surface area contributed by atoms with Crippen LogP contribution in [0.2, 0.25) is 0 Å². The van der Waals surface area contributed by atoms with Crippen LogP contribution in [0.3, 0.4) is 0 Å². The minimum absolute atomic E-state index is 0.107. The molecule has 7 nitrogen and oxygen atoms in total. The average molecular weight is 424 g/mol. The fourth-order valence-corrected chi connectivity index (χ4v) is 3.31. The van der Waals surface area contributed by atoms with Gasteiger partial charge in [-0.1, -0.05) is 43.3 Å². The molecule has 0 bridgehead atoms. The average Bonchev–Trinajstić information content (AvgIpc) is 3.56. The number of hydrogen-bond donors (Lipinski definition) is 3. The molecule has 0 saturated heterocycles. The number of rotatable bonds is 10. The van der Waals surface area contributed by atoms with Crippen molar-refractivity contribution >= 4 is 23.6 Å². The van der Waals surface area contributed by atoms with E-state index < -0.39 is 6.09 Å². The number of nitrogens with one attached hydrogen (secondary N) is 2. The van der Waals surface area contributed by atoms with Crippen molar-refractivity contribution in [3.8, 4) is 11.1 Å². The number of carboxylic acid groups (broad SMARTS) is 1. The van der Waals surface area contributed by atoms with Gasteiger partial charge in [-0.25, -0.2) is 4.79 Å². The Morgan fingerprint density at radius 2 is 1.77 bits per heavy atom. The van der Waals surface area contributed by atoms with Crippen LogP contribution in [0.25, 0.3) is 11.1 Å². The largest absolute Gasteiger partial charge is 0.465 e. The van der Waals surface area contributed by atoms with E-state index >= 15 is 0 Å². The van der Waals surface area contributed by atoms with Gasteiger partial charge in [0, 0.05) is 24.7 Å². The van der Waals surface area contributed by atoms with Gasteiger partial charge in [0.1, 0.15) is 6.54 Å². The molecule has 1 aliphatic carbocycles. The summed E-state index contributed by atoms with van der Waals surface area (Å²) in [6, 6.07) is 15.9. The molecule has 3 amide bonds. The highest BCUT2D eigenvalue weighted by Gasteiger charge is 2.22. The minimum atomic E-state index is -1.10. The molecule has 2 aromatic rings. The number of benzene rings is 2.